The summed E-state index contributed by atoms with van der Waals surface area (Å²) in [5, 5.41) is 0. The molecule has 1 saturated carbocycles. The van der Waals surface area contributed by atoms with Crippen LogP contribution in [0.25, 0.3) is 0 Å². The minimum absolute atomic E-state index is 0.603. The van der Waals surface area contributed by atoms with E-state index in [-0.39, 0.29) is 0 Å². The molecule has 56 valence electrons. The smallest absolute Gasteiger partial charge is 0.210 e. The number of amides is 1. The Labute approximate surface area is 61.2 Å². The first-order valence-electron chi connectivity index (χ1n) is 4.04. The molecule has 3 rings (SSSR count). The number of rotatable bonds is 1. The number of nitrogens with zero attached hydrogens (tertiary/aromatic N) is 1. The van der Waals surface area contributed by atoms with Gasteiger partial charge in [-0.3, -0.25) is 4.79 Å². The zero-order valence-corrected chi connectivity index (χ0v) is 6.29. The highest BCUT2D eigenvalue weighted by molar-refractivity contribution is 5.51. The summed E-state index contributed by atoms with van der Waals surface area (Å²) in [4.78, 5) is 12.4. The van der Waals surface area contributed by atoms with Crippen LogP contribution in [0.1, 0.15) is 26.2 Å². The molecule has 2 nitrogen and oxygen atoms in total. The first-order valence-corrected chi connectivity index (χ1v) is 4.04. The van der Waals surface area contributed by atoms with Crippen molar-refractivity contribution in [2.45, 2.75) is 38.3 Å². The topological polar surface area (TPSA) is 20.3 Å². The van der Waals surface area contributed by atoms with Gasteiger partial charge in [-0.15, -0.1) is 0 Å². The maximum atomic E-state index is 10.4. The van der Waals surface area contributed by atoms with Crippen LogP contribution in [0.5, 0.6) is 0 Å². The van der Waals surface area contributed by atoms with Crippen LogP contribution < -0.4 is 0 Å². The lowest BCUT2D eigenvalue weighted by atomic mass is 9.75. The van der Waals surface area contributed by atoms with Gasteiger partial charge in [-0.05, 0) is 25.2 Å². The van der Waals surface area contributed by atoms with E-state index in [1.54, 1.807) is 0 Å². The molecule has 0 aromatic carbocycles. The molecule has 2 heterocycles. The van der Waals surface area contributed by atoms with Gasteiger partial charge in [-0.25, -0.2) is 0 Å². The fraction of sp³-hybridized carbons (Fsp3) is 0.875. The highest BCUT2D eigenvalue weighted by Gasteiger charge is 2.42. The molecule has 2 unspecified atom stereocenters. The third-order valence-corrected chi connectivity index (χ3v) is 2.86. The Hall–Kier alpha value is -0.530. The lowest BCUT2D eigenvalue weighted by molar-refractivity contribution is -0.136. The van der Waals surface area contributed by atoms with E-state index >= 15 is 0 Å². The van der Waals surface area contributed by atoms with Crippen LogP contribution in [0.2, 0.25) is 0 Å². The predicted octanol–water partition coefficient (Wildman–Crippen LogP) is 1.02. The zero-order valence-electron chi connectivity index (χ0n) is 6.29. The van der Waals surface area contributed by atoms with E-state index in [1.165, 1.54) is 19.3 Å². The van der Waals surface area contributed by atoms with Gasteiger partial charge >= 0.3 is 0 Å². The predicted molar refractivity (Wildman–Crippen MR) is 38.5 cm³/mol. The molecule has 3 aliphatic rings. The van der Waals surface area contributed by atoms with E-state index in [0.29, 0.717) is 12.1 Å². The number of hydrogen-bond acceptors (Lipinski definition) is 1. The average Bonchev–Trinajstić information content (AvgIpc) is 1.87. The summed E-state index contributed by atoms with van der Waals surface area (Å²) in [5.74, 6) is 0.847. The highest BCUT2D eigenvalue weighted by atomic mass is 16.1. The molecular formula is C8H13NO. The molecule has 0 spiro atoms. The fourth-order valence-corrected chi connectivity index (χ4v) is 2.35. The average molecular weight is 139 g/mol. The molecule has 1 aliphatic carbocycles. The Morgan fingerprint density at radius 2 is 1.90 bits per heavy atom. The molecule has 0 aromatic rings. The Kier molecular flexibility index (Phi) is 1.22. The van der Waals surface area contributed by atoms with Crippen LogP contribution in [0.15, 0.2) is 0 Å². The monoisotopic (exact) mass is 139 g/mol. The standard InChI is InChI=1S/C8H13NO/c1-6-2-7-4-8(3-6)9(7)5-10/h5-8H,2-4H2,1H3. The van der Waals surface area contributed by atoms with E-state index in [9.17, 15) is 4.79 Å². The van der Waals surface area contributed by atoms with Crippen LogP contribution in [0.4, 0.5) is 0 Å². The molecular weight excluding hydrogens is 126 g/mol. The van der Waals surface area contributed by atoms with Crippen molar-refractivity contribution in [3.63, 3.8) is 0 Å². The molecule has 2 bridgehead atoms. The molecule has 2 heteroatoms. The Balaban J connectivity index is 2.02. The van der Waals surface area contributed by atoms with Gasteiger partial charge in [0.1, 0.15) is 0 Å². The number of carbonyl (C=O) groups is 1. The molecule has 0 radical (unpaired) electrons. The van der Waals surface area contributed by atoms with E-state index in [2.05, 4.69) is 6.92 Å². The largest absolute Gasteiger partial charge is 0.339 e. The van der Waals surface area contributed by atoms with Crippen molar-refractivity contribution in [3.8, 4) is 0 Å². The lowest BCUT2D eigenvalue weighted by Crippen LogP contribution is -2.59. The second-order valence-corrected chi connectivity index (χ2v) is 3.67. The van der Waals surface area contributed by atoms with Gasteiger partial charge in [-0.1, -0.05) is 6.92 Å². The quantitative estimate of drug-likeness (QED) is 0.496. The van der Waals surface area contributed by atoms with Crippen LogP contribution in [0.3, 0.4) is 0 Å². The fourth-order valence-electron chi connectivity index (χ4n) is 2.35. The summed E-state index contributed by atoms with van der Waals surface area (Å²) in [5.41, 5.74) is 0. The van der Waals surface area contributed by atoms with Gasteiger partial charge < -0.3 is 4.90 Å². The number of piperidine rings is 1. The lowest BCUT2D eigenvalue weighted by Gasteiger charge is -2.53. The molecule has 2 saturated heterocycles. The summed E-state index contributed by atoms with van der Waals surface area (Å²) < 4.78 is 0. The maximum Gasteiger partial charge on any atom is 0.210 e. The van der Waals surface area contributed by atoms with Gasteiger partial charge in [0.15, 0.2) is 0 Å². The Morgan fingerprint density at radius 3 is 2.40 bits per heavy atom. The summed E-state index contributed by atoms with van der Waals surface area (Å²) in [6.07, 6.45) is 4.75. The normalized spacial score (nSPS) is 44.5. The highest BCUT2D eigenvalue weighted by Crippen LogP contribution is 2.39. The van der Waals surface area contributed by atoms with Crippen LogP contribution in [0, 0.1) is 5.92 Å². The third kappa shape index (κ3) is 0.678. The van der Waals surface area contributed by atoms with Crippen molar-refractivity contribution >= 4 is 6.41 Å². The molecule has 0 aromatic heterocycles. The van der Waals surface area contributed by atoms with Crippen molar-refractivity contribution in [2.24, 2.45) is 5.92 Å². The summed E-state index contributed by atoms with van der Waals surface area (Å²) in [6, 6.07) is 1.21. The molecule has 0 N–H and O–H groups in total. The SMILES string of the molecule is CC1CC2CC(C1)N2C=O. The van der Waals surface area contributed by atoms with E-state index in [0.717, 1.165) is 12.3 Å². The number of fused-ring (bicyclic) bond motifs is 2. The van der Waals surface area contributed by atoms with Crippen molar-refractivity contribution in [1.29, 1.82) is 0 Å². The Bertz CT molecular complexity index is 145. The van der Waals surface area contributed by atoms with Crippen molar-refractivity contribution < 1.29 is 4.79 Å². The minimum Gasteiger partial charge on any atom is -0.339 e. The first kappa shape index (κ1) is 6.20. The van der Waals surface area contributed by atoms with E-state index in [1.807, 2.05) is 4.90 Å². The van der Waals surface area contributed by atoms with Gasteiger partial charge in [0.05, 0.1) is 0 Å². The summed E-state index contributed by atoms with van der Waals surface area (Å²) in [7, 11) is 0. The Morgan fingerprint density at radius 1 is 1.30 bits per heavy atom. The maximum absolute atomic E-state index is 10.4. The second-order valence-electron chi connectivity index (χ2n) is 3.67. The van der Waals surface area contributed by atoms with Gasteiger partial charge in [-0.2, -0.15) is 0 Å². The summed E-state index contributed by atoms with van der Waals surface area (Å²) in [6.45, 7) is 2.28. The minimum atomic E-state index is 0.603. The zero-order chi connectivity index (χ0) is 7.14. The van der Waals surface area contributed by atoms with Crippen LogP contribution in [-0.4, -0.2) is 23.4 Å². The van der Waals surface area contributed by atoms with E-state index in [4.69, 9.17) is 0 Å². The number of carbonyl (C=O) groups excluding carboxylic acids is 1. The molecule has 3 fully saturated rings. The molecule has 2 aliphatic heterocycles. The summed E-state index contributed by atoms with van der Waals surface area (Å²) >= 11 is 0. The van der Waals surface area contributed by atoms with Crippen LogP contribution >= 0.6 is 0 Å². The molecule has 2 atom stereocenters. The van der Waals surface area contributed by atoms with Crippen molar-refractivity contribution in [1.82, 2.24) is 4.90 Å². The first-order chi connectivity index (χ1) is 4.81. The van der Waals surface area contributed by atoms with Crippen LogP contribution in [-0.2, 0) is 4.79 Å². The van der Waals surface area contributed by atoms with Gasteiger partial charge in [0, 0.05) is 12.1 Å². The van der Waals surface area contributed by atoms with Gasteiger partial charge in [0.2, 0.25) is 6.41 Å². The molecule has 1 amide bonds. The number of hydrogen-bond donors (Lipinski definition) is 0. The second kappa shape index (κ2) is 1.97. The van der Waals surface area contributed by atoms with Crippen molar-refractivity contribution in [2.75, 3.05) is 0 Å². The van der Waals surface area contributed by atoms with Crippen molar-refractivity contribution in [3.05, 3.63) is 0 Å². The van der Waals surface area contributed by atoms with E-state index < -0.39 is 0 Å². The van der Waals surface area contributed by atoms with Gasteiger partial charge in [0.25, 0.3) is 0 Å². The molecule has 10 heavy (non-hydrogen) atoms. The third-order valence-electron chi connectivity index (χ3n) is 2.86.